The fourth-order valence-electron chi connectivity index (χ4n) is 1.35. The first-order valence-corrected chi connectivity index (χ1v) is 5.62. The summed E-state index contributed by atoms with van der Waals surface area (Å²) in [6.07, 6.45) is 0. The Bertz CT molecular complexity index is 542. The van der Waals surface area contributed by atoms with E-state index in [9.17, 15) is 17.6 Å². The van der Waals surface area contributed by atoms with Crippen molar-refractivity contribution in [3.63, 3.8) is 0 Å². The molecule has 0 amide bonds. The third kappa shape index (κ3) is 1.64. The van der Waals surface area contributed by atoms with E-state index in [1.165, 1.54) is 0 Å². The van der Waals surface area contributed by atoms with E-state index >= 15 is 0 Å². The molecular weight excluding hydrogens is 356 g/mol. The van der Waals surface area contributed by atoms with E-state index in [1.807, 2.05) is 0 Å². The zero-order valence-electron chi connectivity index (χ0n) is 7.42. The topological polar surface area (TPSA) is 0 Å². The predicted octanol–water partition coefficient (Wildman–Crippen LogP) is 4.92. The Morgan fingerprint density at radius 1 is 0.688 bits per heavy atom. The molecule has 0 nitrogen and oxygen atoms in total. The van der Waals surface area contributed by atoms with Gasteiger partial charge in [0.1, 0.15) is 23.3 Å². The second-order valence-corrected chi connectivity index (χ2v) is 4.65. The van der Waals surface area contributed by atoms with Crippen molar-refractivity contribution in [2.75, 3.05) is 0 Å². The molecule has 0 saturated carbocycles. The summed E-state index contributed by atoms with van der Waals surface area (Å²) in [6, 6.07) is 1.62. The first kappa shape index (κ1) is 11.9. The molecule has 0 unspecified atom stereocenters. The van der Waals surface area contributed by atoms with Gasteiger partial charge in [0, 0.05) is 10.8 Å². The Balaban J connectivity index is 3.02. The minimum absolute atomic E-state index is 0.313. The molecule has 0 aliphatic carbocycles. The molecule has 84 valence electrons. The molecule has 0 spiro atoms. The zero-order chi connectivity index (χ0) is 12.0. The summed E-state index contributed by atoms with van der Waals surface area (Å²) in [5, 5.41) is -0.627. The molecule has 2 rings (SSSR count). The average Bonchev–Trinajstić information content (AvgIpc) is 2.25. The van der Waals surface area contributed by atoms with Crippen molar-refractivity contribution >= 4 is 42.6 Å². The normalized spacial score (nSPS) is 11.1. The summed E-state index contributed by atoms with van der Waals surface area (Å²) in [6.45, 7) is 0. The standard InChI is InChI=1S/C10H2Br2F4/c11-7-5(13)1-3-4(10(7)16)2-6(14)8(12)9(3)15/h1-2H. The third-order valence-electron chi connectivity index (χ3n) is 2.11. The molecule has 0 radical (unpaired) electrons. The number of halogens is 6. The van der Waals surface area contributed by atoms with Crippen LogP contribution in [0.5, 0.6) is 0 Å². The van der Waals surface area contributed by atoms with Crippen LogP contribution in [-0.2, 0) is 0 Å². The minimum Gasteiger partial charge on any atom is -0.206 e. The monoisotopic (exact) mass is 356 g/mol. The van der Waals surface area contributed by atoms with Crippen LogP contribution < -0.4 is 0 Å². The molecule has 0 aliphatic rings. The van der Waals surface area contributed by atoms with E-state index in [0.29, 0.717) is 0 Å². The first-order chi connectivity index (χ1) is 7.43. The smallest absolute Gasteiger partial charge is 0.148 e. The average molecular weight is 358 g/mol. The second-order valence-electron chi connectivity index (χ2n) is 3.07. The molecular formula is C10H2Br2F4. The minimum atomic E-state index is -1.03. The van der Waals surface area contributed by atoms with Crippen LogP contribution in [0.1, 0.15) is 0 Å². The van der Waals surface area contributed by atoms with Gasteiger partial charge in [-0.1, -0.05) is 0 Å². The molecule has 16 heavy (non-hydrogen) atoms. The second kappa shape index (κ2) is 4.00. The highest BCUT2D eigenvalue weighted by atomic mass is 79.9. The Morgan fingerprint density at radius 2 is 1.00 bits per heavy atom. The van der Waals surface area contributed by atoms with Crippen LogP contribution in [0.2, 0.25) is 0 Å². The van der Waals surface area contributed by atoms with Crippen LogP contribution in [0.3, 0.4) is 0 Å². The lowest BCUT2D eigenvalue weighted by Crippen LogP contribution is -1.93. The van der Waals surface area contributed by atoms with Gasteiger partial charge >= 0.3 is 0 Å². The van der Waals surface area contributed by atoms with Crippen LogP contribution in [0, 0.1) is 23.3 Å². The largest absolute Gasteiger partial charge is 0.206 e. The van der Waals surface area contributed by atoms with E-state index in [1.54, 1.807) is 0 Å². The highest BCUT2D eigenvalue weighted by Gasteiger charge is 2.18. The fourth-order valence-corrected chi connectivity index (χ4v) is 2.00. The molecule has 0 fully saturated rings. The van der Waals surface area contributed by atoms with Crippen LogP contribution in [0.25, 0.3) is 10.8 Å². The SMILES string of the molecule is Fc1cc2c(F)c(Br)c(F)cc2c(F)c1Br. The summed E-state index contributed by atoms with van der Waals surface area (Å²) in [5.74, 6) is -3.94. The number of rotatable bonds is 0. The van der Waals surface area contributed by atoms with Gasteiger partial charge in [-0.05, 0) is 44.0 Å². The number of hydrogen-bond donors (Lipinski definition) is 0. The molecule has 0 aliphatic heterocycles. The Hall–Kier alpha value is -0.620. The van der Waals surface area contributed by atoms with Gasteiger partial charge in [0.15, 0.2) is 0 Å². The lowest BCUT2D eigenvalue weighted by molar-refractivity contribution is 0.564. The molecule has 0 saturated heterocycles. The molecule has 0 atom stereocenters. The van der Waals surface area contributed by atoms with Crippen LogP contribution in [0.4, 0.5) is 17.6 Å². The molecule has 6 heteroatoms. The third-order valence-corrected chi connectivity index (χ3v) is 3.56. The van der Waals surface area contributed by atoms with Gasteiger partial charge in [-0.2, -0.15) is 0 Å². The highest BCUT2D eigenvalue weighted by molar-refractivity contribution is 9.10. The lowest BCUT2D eigenvalue weighted by atomic mass is 10.1. The maximum Gasteiger partial charge on any atom is 0.148 e. The van der Waals surface area contributed by atoms with Crippen molar-refractivity contribution in [2.24, 2.45) is 0 Å². The van der Waals surface area contributed by atoms with Crippen LogP contribution in [0.15, 0.2) is 21.1 Å². The summed E-state index contributed by atoms with van der Waals surface area (Å²) in [7, 11) is 0. The molecule has 0 heterocycles. The summed E-state index contributed by atoms with van der Waals surface area (Å²) in [5.41, 5.74) is 0. The van der Waals surface area contributed by atoms with E-state index in [-0.39, 0.29) is 10.8 Å². The van der Waals surface area contributed by atoms with E-state index in [4.69, 9.17) is 0 Å². The summed E-state index contributed by atoms with van der Waals surface area (Å²) in [4.78, 5) is 0. The van der Waals surface area contributed by atoms with Gasteiger partial charge < -0.3 is 0 Å². The van der Waals surface area contributed by atoms with Crippen LogP contribution in [-0.4, -0.2) is 0 Å². The molecule has 0 N–H and O–H groups in total. The number of benzene rings is 2. The van der Waals surface area contributed by atoms with Crippen molar-refractivity contribution in [1.29, 1.82) is 0 Å². The van der Waals surface area contributed by atoms with Gasteiger partial charge in [-0.3, -0.25) is 0 Å². The van der Waals surface area contributed by atoms with Crippen molar-refractivity contribution in [1.82, 2.24) is 0 Å². The van der Waals surface area contributed by atoms with Gasteiger partial charge in [0.2, 0.25) is 0 Å². The maximum atomic E-state index is 13.5. The van der Waals surface area contributed by atoms with Gasteiger partial charge in [0.25, 0.3) is 0 Å². The van der Waals surface area contributed by atoms with E-state index in [0.717, 1.165) is 12.1 Å². The fraction of sp³-hybridized carbons (Fsp3) is 0. The van der Waals surface area contributed by atoms with Gasteiger partial charge in [0.05, 0.1) is 8.95 Å². The zero-order valence-corrected chi connectivity index (χ0v) is 10.6. The lowest BCUT2D eigenvalue weighted by Gasteiger charge is -2.06. The molecule has 2 aromatic carbocycles. The maximum absolute atomic E-state index is 13.5. The predicted molar refractivity (Wildman–Crippen MR) is 59.2 cm³/mol. The molecule has 0 bridgehead atoms. The first-order valence-electron chi connectivity index (χ1n) is 4.04. The van der Waals surface area contributed by atoms with Crippen LogP contribution >= 0.6 is 31.9 Å². The summed E-state index contributed by atoms with van der Waals surface area (Å²) < 4.78 is 52.5. The van der Waals surface area contributed by atoms with Crippen molar-refractivity contribution in [3.05, 3.63) is 44.3 Å². The Labute approximate surface area is 105 Å². The van der Waals surface area contributed by atoms with Crippen molar-refractivity contribution in [3.8, 4) is 0 Å². The highest BCUT2D eigenvalue weighted by Crippen LogP contribution is 2.33. The van der Waals surface area contributed by atoms with E-state index in [2.05, 4.69) is 31.9 Å². The number of fused-ring (bicyclic) bond motifs is 1. The molecule has 0 aromatic heterocycles. The van der Waals surface area contributed by atoms with Crippen molar-refractivity contribution in [2.45, 2.75) is 0 Å². The number of hydrogen-bond acceptors (Lipinski definition) is 0. The Kier molecular flexibility index (Phi) is 2.96. The Morgan fingerprint density at radius 3 is 1.31 bits per heavy atom. The summed E-state index contributed by atoms with van der Waals surface area (Å²) >= 11 is 5.32. The van der Waals surface area contributed by atoms with Gasteiger partial charge in [-0.25, -0.2) is 17.6 Å². The van der Waals surface area contributed by atoms with Crippen molar-refractivity contribution < 1.29 is 17.6 Å². The quantitative estimate of drug-likeness (QED) is 0.463. The van der Waals surface area contributed by atoms with Gasteiger partial charge in [-0.15, -0.1) is 0 Å². The molecule has 2 aromatic rings. The van der Waals surface area contributed by atoms with E-state index < -0.39 is 32.2 Å².